The van der Waals surface area contributed by atoms with Gasteiger partial charge in [-0.3, -0.25) is 4.79 Å². The van der Waals surface area contributed by atoms with E-state index in [1.807, 2.05) is 60.7 Å². The minimum absolute atomic E-state index is 0.0440. The summed E-state index contributed by atoms with van der Waals surface area (Å²) in [5, 5.41) is 36.3. The Hall–Kier alpha value is -4.34. The van der Waals surface area contributed by atoms with Gasteiger partial charge in [-0.1, -0.05) is 79.2 Å². The summed E-state index contributed by atoms with van der Waals surface area (Å²) in [6, 6.07) is 26.5. The van der Waals surface area contributed by atoms with Gasteiger partial charge in [0.25, 0.3) is 0 Å². The summed E-state index contributed by atoms with van der Waals surface area (Å²) in [4.78, 5) is 18.8. The molecule has 1 aliphatic rings. The summed E-state index contributed by atoms with van der Waals surface area (Å²) < 4.78 is 6.09. The van der Waals surface area contributed by atoms with E-state index in [0.717, 1.165) is 30.4 Å². The lowest BCUT2D eigenvalue weighted by atomic mass is 9.86. The highest BCUT2D eigenvalue weighted by atomic mass is 32.1. The van der Waals surface area contributed by atoms with E-state index in [0.29, 0.717) is 42.0 Å². The molecule has 230 valence electrons. The van der Waals surface area contributed by atoms with Crippen LogP contribution in [0.15, 0.2) is 102 Å². The van der Waals surface area contributed by atoms with Crippen LogP contribution >= 0.6 is 11.3 Å². The van der Waals surface area contributed by atoms with Crippen LogP contribution in [0.25, 0.3) is 6.08 Å². The first-order valence-electron chi connectivity index (χ1n) is 15.2. The Morgan fingerprint density at radius 1 is 0.889 bits per heavy atom. The van der Waals surface area contributed by atoms with Crippen LogP contribution in [0, 0.1) is 0 Å². The van der Waals surface area contributed by atoms with Crippen LogP contribution in [-0.4, -0.2) is 26.1 Å². The van der Waals surface area contributed by atoms with Crippen molar-refractivity contribution in [3.63, 3.8) is 0 Å². The maximum atomic E-state index is 11.9. The summed E-state index contributed by atoms with van der Waals surface area (Å²) in [7, 11) is 0. The lowest BCUT2D eigenvalue weighted by Crippen LogP contribution is -2.29. The third-order valence-corrected chi connectivity index (χ3v) is 9.37. The molecule has 0 aliphatic heterocycles. The number of hydrogen-bond acceptors (Lipinski definition) is 8. The van der Waals surface area contributed by atoms with Crippen molar-refractivity contribution in [1.82, 2.24) is 10.3 Å². The average molecular weight is 621 g/mol. The van der Waals surface area contributed by atoms with Gasteiger partial charge in [0.1, 0.15) is 11.5 Å². The lowest BCUT2D eigenvalue weighted by molar-refractivity contribution is -0.114. The Labute approximate surface area is 266 Å². The van der Waals surface area contributed by atoms with Gasteiger partial charge < -0.3 is 25.1 Å². The number of hydrogen-bond donors (Lipinski definition) is 4. The van der Waals surface area contributed by atoms with E-state index in [4.69, 9.17) is 4.42 Å². The minimum atomic E-state index is -1.50. The van der Waals surface area contributed by atoms with Crippen molar-refractivity contribution in [2.45, 2.75) is 56.9 Å². The predicted molar refractivity (Wildman–Crippen MR) is 175 cm³/mol. The largest absolute Gasteiger partial charge is 0.508 e. The van der Waals surface area contributed by atoms with Crippen molar-refractivity contribution in [1.29, 1.82) is 0 Å². The van der Waals surface area contributed by atoms with Crippen LogP contribution in [0.4, 0.5) is 0 Å². The van der Waals surface area contributed by atoms with Gasteiger partial charge in [-0.05, 0) is 65.8 Å². The molecule has 6 rings (SSSR count). The van der Waals surface area contributed by atoms with Crippen molar-refractivity contribution in [2.24, 2.45) is 0 Å². The van der Waals surface area contributed by atoms with E-state index in [2.05, 4.69) is 22.4 Å². The van der Waals surface area contributed by atoms with E-state index in [9.17, 15) is 20.1 Å². The second kappa shape index (κ2) is 13.7. The topological polar surface area (TPSA) is 116 Å². The number of aliphatic hydroxyl groups is 2. The third kappa shape index (κ3) is 6.84. The molecule has 45 heavy (non-hydrogen) atoms. The molecule has 7 nitrogen and oxygen atoms in total. The van der Waals surface area contributed by atoms with Crippen LogP contribution < -0.4 is 5.32 Å². The van der Waals surface area contributed by atoms with Crippen LogP contribution in [-0.2, 0) is 36.3 Å². The summed E-state index contributed by atoms with van der Waals surface area (Å²) >= 11 is 1.77. The summed E-state index contributed by atoms with van der Waals surface area (Å²) in [6.07, 6.45) is 7.76. The molecule has 2 heterocycles. The number of fused-ring (bicyclic) bond motifs is 1. The zero-order valence-electron chi connectivity index (χ0n) is 24.9. The summed E-state index contributed by atoms with van der Waals surface area (Å²) in [5.41, 5.74) is 2.00. The zero-order chi connectivity index (χ0) is 31.2. The number of aromatic hydroxyl groups is 1. The fraction of sp³-hybridized carbons (Fsp3) is 0.243. The smallest absolute Gasteiger partial charge is 0.236 e. The van der Waals surface area contributed by atoms with Gasteiger partial charge in [-0.25, -0.2) is 4.98 Å². The molecule has 3 aromatic carbocycles. The van der Waals surface area contributed by atoms with E-state index < -0.39 is 11.7 Å². The highest BCUT2D eigenvalue weighted by Gasteiger charge is 2.38. The first-order chi connectivity index (χ1) is 21.9. The van der Waals surface area contributed by atoms with Crippen LogP contribution in [0.1, 0.15) is 74.6 Å². The van der Waals surface area contributed by atoms with E-state index in [1.54, 1.807) is 35.7 Å². The Morgan fingerprint density at radius 3 is 2.33 bits per heavy atom. The van der Waals surface area contributed by atoms with E-state index in [-0.39, 0.29) is 23.8 Å². The van der Waals surface area contributed by atoms with Crippen molar-refractivity contribution >= 4 is 23.2 Å². The SMILES string of the molecule is O=C1C=Cc2c([C@H](O)CCCCc3ccc(CNCc4cnc(C(O)(c5ccccc5)c5ccccc5)o4)s3)ccc(O)c2C1. The highest BCUT2D eigenvalue weighted by molar-refractivity contribution is 7.11. The van der Waals surface area contributed by atoms with Crippen LogP contribution in [0.2, 0.25) is 0 Å². The number of unbranched alkanes of at least 4 members (excludes halogenated alkanes) is 1. The number of aliphatic hydroxyl groups excluding tert-OH is 1. The van der Waals surface area contributed by atoms with Gasteiger partial charge >= 0.3 is 0 Å². The van der Waals surface area contributed by atoms with Crippen molar-refractivity contribution in [2.75, 3.05) is 0 Å². The number of carbonyl (C=O) groups is 1. The maximum Gasteiger partial charge on any atom is 0.236 e. The Kier molecular flexibility index (Phi) is 9.37. The normalized spacial score (nSPS) is 13.6. The van der Waals surface area contributed by atoms with Gasteiger partial charge in [0, 0.05) is 28.3 Å². The van der Waals surface area contributed by atoms with Crippen molar-refractivity contribution in [3.8, 4) is 5.75 Å². The number of ketones is 1. The lowest BCUT2D eigenvalue weighted by Gasteiger charge is -2.26. The molecule has 0 amide bonds. The Morgan fingerprint density at radius 2 is 1.60 bits per heavy atom. The summed E-state index contributed by atoms with van der Waals surface area (Å²) in [5.74, 6) is 0.933. The Balaban J connectivity index is 0.991. The fourth-order valence-electron chi connectivity index (χ4n) is 5.84. The van der Waals surface area contributed by atoms with Crippen molar-refractivity contribution in [3.05, 3.63) is 146 Å². The molecule has 0 radical (unpaired) electrons. The van der Waals surface area contributed by atoms with Gasteiger partial charge in [0.15, 0.2) is 11.4 Å². The molecule has 0 fully saturated rings. The van der Waals surface area contributed by atoms with Crippen LogP contribution in [0.5, 0.6) is 5.75 Å². The molecule has 0 spiro atoms. The monoisotopic (exact) mass is 620 g/mol. The molecule has 1 atom stereocenters. The molecule has 0 unspecified atom stereocenters. The molecular formula is C37H36N2O5S. The number of carbonyl (C=O) groups excluding carboxylic acids is 1. The second-order valence-corrected chi connectivity index (χ2v) is 12.6. The number of nitrogens with zero attached hydrogens (tertiary/aromatic N) is 1. The number of thiophene rings is 1. The first-order valence-corrected chi connectivity index (χ1v) is 16.0. The number of benzene rings is 3. The number of rotatable bonds is 13. The van der Waals surface area contributed by atoms with Crippen molar-refractivity contribution < 1.29 is 24.5 Å². The van der Waals surface area contributed by atoms with E-state index in [1.165, 1.54) is 15.8 Å². The van der Waals surface area contributed by atoms with Gasteiger partial charge in [0.2, 0.25) is 5.89 Å². The predicted octanol–water partition coefficient (Wildman–Crippen LogP) is 6.60. The first kappa shape index (κ1) is 30.7. The quantitative estimate of drug-likeness (QED) is 0.110. The molecule has 0 saturated carbocycles. The third-order valence-electron chi connectivity index (χ3n) is 8.22. The molecule has 8 heteroatoms. The summed E-state index contributed by atoms with van der Waals surface area (Å²) in [6.45, 7) is 1.16. The number of phenolic OH excluding ortho intramolecular Hbond substituents is 1. The maximum absolute atomic E-state index is 11.9. The van der Waals surface area contributed by atoms with Crippen LogP contribution in [0.3, 0.4) is 0 Å². The number of oxazole rings is 1. The second-order valence-electron chi connectivity index (χ2n) is 11.3. The standard InChI is InChI=1S/C37H36N2O5S/c40-27-15-18-31-32(19-20-35(42)33(31)21-27)34(41)14-8-7-13-29-16-17-30(45-29)24-38-22-28-23-39-36(44-28)37(43,25-9-3-1-4-10-25)26-11-5-2-6-12-26/h1-6,9-12,15-20,23,34,38,41-43H,7-8,13-14,21-22,24H2/t34-/m1/s1. The number of aryl methyl sites for hydroxylation is 1. The number of nitrogens with one attached hydrogen (secondary N) is 1. The minimum Gasteiger partial charge on any atom is -0.508 e. The molecule has 5 aromatic rings. The zero-order valence-corrected chi connectivity index (χ0v) is 25.7. The molecule has 0 bridgehead atoms. The molecule has 2 aromatic heterocycles. The molecule has 4 N–H and O–H groups in total. The van der Waals surface area contributed by atoms with Gasteiger partial charge in [-0.15, -0.1) is 11.3 Å². The highest BCUT2D eigenvalue weighted by Crippen LogP contribution is 2.37. The van der Waals surface area contributed by atoms with Gasteiger partial charge in [0.05, 0.1) is 18.8 Å². The molecule has 0 saturated heterocycles. The Bertz CT molecular complexity index is 1740. The molecular weight excluding hydrogens is 584 g/mol. The van der Waals surface area contributed by atoms with E-state index >= 15 is 0 Å². The average Bonchev–Trinajstić information content (AvgIpc) is 3.74. The molecule has 1 aliphatic carbocycles. The number of aromatic nitrogens is 1. The number of allylic oxidation sites excluding steroid dienone is 1. The number of phenols is 1. The van der Waals surface area contributed by atoms with Gasteiger partial charge in [-0.2, -0.15) is 0 Å². The fourth-order valence-corrected chi connectivity index (χ4v) is 6.87.